The number of rotatable bonds is 9. The zero-order chi connectivity index (χ0) is 18.2. The van der Waals surface area contributed by atoms with Crippen LogP contribution in [0.1, 0.15) is 24.7 Å². The molecule has 1 saturated heterocycles. The minimum absolute atomic E-state index is 0.137. The third-order valence-corrected chi connectivity index (χ3v) is 4.26. The third-order valence-electron chi connectivity index (χ3n) is 4.26. The molecule has 2 atom stereocenters. The van der Waals surface area contributed by atoms with Crippen molar-refractivity contribution in [3.63, 3.8) is 0 Å². The maximum atomic E-state index is 11.9. The van der Waals surface area contributed by atoms with E-state index < -0.39 is 6.29 Å². The van der Waals surface area contributed by atoms with E-state index in [-0.39, 0.29) is 18.1 Å². The SMILES string of the molecule is COC(=O)[C@@H]1CC(Oc2ccc(C(OC)OC)cc2)CN1CCC=O. The van der Waals surface area contributed by atoms with Gasteiger partial charge >= 0.3 is 5.97 Å². The van der Waals surface area contributed by atoms with E-state index in [4.69, 9.17) is 18.9 Å². The first kappa shape index (κ1) is 19.4. The van der Waals surface area contributed by atoms with Gasteiger partial charge in [0, 0.05) is 45.7 Å². The zero-order valence-electron chi connectivity index (χ0n) is 14.8. The summed E-state index contributed by atoms with van der Waals surface area (Å²) in [4.78, 5) is 24.5. The molecule has 1 aromatic carbocycles. The van der Waals surface area contributed by atoms with Crippen molar-refractivity contribution in [2.45, 2.75) is 31.3 Å². The summed E-state index contributed by atoms with van der Waals surface area (Å²) in [6.07, 6.45) is 1.21. The van der Waals surface area contributed by atoms with Crippen molar-refractivity contribution >= 4 is 12.3 Å². The van der Waals surface area contributed by atoms with Crippen LogP contribution < -0.4 is 4.74 Å². The van der Waals surface area contributed by atoms with E-state index >= 15 is 0 Å². The van der Waals surface area contributed by atoms with Gasteiger partial charge in [-0.1, -0.05) is 12.1 Å². The van der Waals surface area contributed by atoms with Crippen LogP contribution in [0, 0.1) is 0 Å². The quantitative estimate of drug-likeness (QED) is 0.380. The van der Waals surface area contributed by atoms with Gasteiger partial charge < -0.3 is 23.7 Å². The highest BCUT2D eigenvalue weighted by Crippen LogP contribution is 2.26. The molecule has 0 spiro atoms. The van der Waals surface area contributed by atoms with Crippen LogP contribution in [0.4, 0.5) is 0 Å². The fourth-order valence-electron chi connectivity index (χ4n) is 3.06. The minimum atomic E-state index is -0.414. The van der Waals surface area contributed by atoms with Gasteiger partial charge in [0.25, 0.3) is 0 Å². The summed E-state index contributed by atoms with van der Waals surface area (Å²) in [7, 11) is 4.53. The van der Waals surface area contributed by atoms with E-state index in [9.17, 15) is 9.59 Å². The van der Waals surface area contributed by atoms with E-state index in [2.05, 4.69) is 0 Å². The summed E-state index contributed by atoms with van der Waals surface area (Å²) in [6, 6.07) is 7.08. The van der Waals surface area contributed by atoms with Gasteiger partial charge in [0.15, 0.2) is 6.29 Å². The largest absolute Gasteiger partial charge is 0.489 e. The van der Waals surface area contributed by atoms with Gasteiger partial charge in [0.1, 0.15) is 24.2 Å². The second kappa shape index (κ2) is 9.50. The highest BCUT2D eigenvalue weighted by atomic mass is 16.7. The molecule has 1 unspecified atom stereocenters. The summed E-state index contributed by atoms with van der Waals surface area (Å²) in [5, 5.41) is 0. The Labute approximate surface area is 147 Å². The molecule has 1 aromatic rings. The number of hydrogen-bond donors (Lipinski definition) is 0. The van der Waals surface area contributed by atoms with E-state index in [1.165, 1.54) is 7.11 Å². The van der Waals surface area contributed by atoms with Crippen molar-refractivity contribution in [1.82, 2.24) is 4.90 Å². The molecule has 0 N–H and O–H groups in total. The Balaban J connectivity index is 1.99. The van der Waals surface area contributed by atoms with Gasteiger partial charge in [0.2, 0.25) is 0 Å². The molecule has 0 amide bonds. The van der Waals surface area contributed by atoms with Crippen LogP contribution in [0.2, 0.25) is 0 Å². The molecule has 138 valence electrons. The number of benzene rings is 1. The third kappa shape index (κ3) is 5.01. The van der Waals surface area contributed by atoms with Gasteiger partial charge in [-0.3, -0.25) is 9.69 Å². The summed E-state index contributed by atoms with van der Waals surface area (Å²) in [5.74, 6) is 0.413. The Hall–Kier alpha value is -1.96. The summed E-state index contributed by atoms with van der Waals surface area (Å²) >= 11 is 0. The molecular formula is C18H25NO6. The van der Waals surface area contributed by atoms with Gasteiger partial charge in [-0.05, 0) is 12.1 Å². The Morgan fingerprint density at radius 2 is 1.92 bits per heavy atom. The highest BCUT2D eigenvalue weighted by molar-refractivity contribution is 5.76. The fourth-order valence-corrected chi connectivity index (χ4v) is 3.06. The number of methoxy groups -OCH3 is 3. The average Bonchev–Trinajstić information content (AvgIpc) is 3.04. The normalized spacial score (nSPS) is 20.6. The van der Waals surface area contributed by atoms with Crippen LogP contribution in [-0.2, 0) is 23.8 Å². The molecule has 0 aromatic heterocycles. The number of carbonyl (C=O) groups excluding carboxylic acids is 2. The Bertz CT molecular complexity index is 557. The molecule has 1 aliphatic rings. The summed E-state index contributed by atoms with van der Waals surface area (Å²) in [6.45, 7) is 1.10. The molecule has 2 rings (SSSR count). The van der Waals surface area contributed by atoms with Crippen molar-refractivity contribution in [1.29, 1.82) is 0 Å². The molecule has 1 aliphatic heterocycles. The van der Waals surface area contributed by atoms with Crippen molar-refractivity contribution in [2.24, 2.45) is 0 Å². The highest BCUT2D eigenvalue weighted by Gasteiger charge is 2.38. The molecule has 0 radical (unpaired) electrons. The lowest BCUT2D eigenvalue weighted by Gasteiger charge is -2.20. The maximum absolute atomic E-state index is 11.9. The number of esters is 1. The molecule has 0 aliphatic carbocycles. The van der Waals surface area contributed by atoms with Crippen molar-refractivity contribution in [3.8, 4) is 5.75 Å². The Morgan fingerprint density at radius 1 is 1.24 bits per heavy atom. The smallest absolute Gasteiger partial charge is 0.323 e. The second-order valence-corrected chi connectivity index (χ2v) is 5.84. The molecular weight excluding hydrogens is 326 g/mol. The van der Waals surface area contributed by atoms with E-state index in [1.807, 2.05) is 29.2 Å². The minimum Gasteiger partial charge on any atom is -0.489 e. The van der Waals surface area contributed by atoms with Gasteiger partial charge in [-0.2, -0.15) is 0 Å². The van der Waals surface area contributed by atoms with E-state index in [1.54, 1.807) is 14.2 Å². The van der Waals surface area contributed by atoms with E-state index in [0.29, 0.717) is 31.7 Å². The molecule has 0 saturated carbocycles. The van der Waals surface area contributed by atoms with Crippen LogP contribution >= 0.6 is 0 Å². The molecule has 25 heavy (non-hydrogen) atoms. The lowest BCUT2D eigenvalue weighted by molar-refractivity contribution is -0.146. The first-order chi connectivity index (χ1) is 12.1. The van der Waals surface area contributed by atoms with Crippen LogP contribution in [0.25, 0.3) is 0 Å². The second-order valence-electron chi connectivity index (χ2n) is 5.84. The fraction of sp³-hybridized carbons (Fsp3) is 0.556. The average molecular weight is 351 g/mol. The molecule has 0 bridgehead atoms. The predicted molar refractivity (Wildman–Crippen MR) is 90.3 cm³/mol. The number of likely N-dealkylation sites (tertiary alicyclic amines) is 1. The van der Waals surface area contributed by atoms with E-state index in [0.717, 1.165) is 11.8 Å². The topological polar surface area (TPSA) is 74.3 Å². The van der Waals surface area contributed by atoms with Crippen molar-refractivity contribution in [3.05, 3.63) is 29.8 Å². The Kier molecular flexibility index (Phi) is 7.36. The number of aldehydes is 1. The first-order valence-electron chi connectivity index (χ1n) is 8.20. The number of nitrogens with zero attached hydrogens (tertiary/aromatic N) is 1. The number of hydrogen-bond acceptors (Lipinski definition) is 7. The van der Waals surface area contributed by atoms with Crippen LogP contribution in [-0.4, -0.2) is 63.7 Å². The standard InChI is InChI=1S/C18H25NO6/c1-22-17(21)16-11-15(12-19(16)9-4-10-20)25-14-7-5-13(6-8-14)18(23-2)24-3/h5-8,10,15-16,18H,4,9,11-12H2,1-3H3/t15?,16-/m0/s1. The predicted octanol–water partition coefficient (Wildman–Crippen LogP) is 1.56. The van der Waals surface area contributed by atoms with Crippen LogP contribution in [0.3, 0.4) is 0 Å². The summed E-state index contributed by atoms with van der Waals surface area (Å²) in [5.41, 5.74) is 0.892. The zero-order valence-corrected chi connectivity index (χ0v) is 14.8. The number of carbonyl (C=O) groups is 2. The van der Waals surface area contributed by atoms with Crippen LogP contribution in [0.15, 0.2) is 24.3 Å². The molecule has 1 heterocycles. The van der Waals surface area contributed by atoms with Gasteiger partial charge in [-0.25, -0.2) is 0 Å². The lowest BCUT2D eigenvalue weighted by Crippen LogP contribution is -2.37. The summed E-state index contributed by atoms with van der Waals surface area (Å²) < 4.78 is 21.3. The van der Waals surface area contributed by atoms with Crippen molar-refractivity contribution in [2.75, 3.05) is 34.4 Å². The maximum Gasteiger partial charge on any atom is 0.323 e. The van der Waals surface area contributed by atoms with Gasteiger partial charge in [-0.15, -0.1) is 0 Å². The molecule has 7 heteroatoms. The van der Waals surface area contributed by atoms with Crippen LogP contribution in [0.5, 0.6) is 5.75 Å². The molecule has 1 fully saturated rings. The first-order valence-corrected chi connectivity index (χ1v) is 8.20. The molecule has 7 nitrogen and oxygen atoms in total. The Morgan fingerprint density at radius 3 is 2.48 bits per heavy atom. The monoisotopic (exact) mass is 351 g/mol. The van der Waals surface area contributed by atoms with Crippen molar-refractivity contribution < 1.29 is 28.5 Å². The lowest BCUT2D eigenvalue weighted by atomic mass is 10.2. The van der Waals surface area contributed by atoms with Gasteiger partial charge in [0.05, 0.1) is 7.11 Å². The number of ether oxygens (including phenoxy) is 4.